The minimum absolute atomic E-state index is 0.207. The molecule has 5 nitrogen and oxygen atoms in total. The van der Waals surface area contributed by atoms with Gasteiger partial charge in [0, 0.05) is 18.5 Å². The largest absolute Gasteiger partial charge is 0.489 e. The molecule has 0 N–H and O–H groups in total. The number of hydrogen-bond donors (Lipinski definition) is 0. The number of benzene rings is 3. The molecule has 0 spiro atoms. The molecule has 0 fully saturated rings. The highest BCUT2D eigenvalue weighted by Gasteiger charge is 2.19. The first-order chi connectivity index (χ1) is 16.5. The summed E-state index contributed by atoms with van der Waals surface area (Å²) >= 11 is 0. The Morgan fingerprint density at radius 2 is 1.41 bits per heavy atom. The summed E-state index contributed by atoms with van der Waals surface area (Å²) in [6, 6.07) is 25.4. The number of nitrogens with zero attached hydrogens (tertiary/aromatic N) is 1. The van der Waals surface area contributed by atoms with Crippen molar-refractivity contribution in [2.75, 3.05) is 6.61 Å². The Balaban J connectivity index is 1.70. The van der Waals surface area contributed by atoms with E-state index in [1.165, 1.54) is 0 Å². The third-order valence-electron chi connectivity index (χ3n) is 5.47. The first-order valence-corrected chi connectivity index (χ1v) is 11.3. The van der Waals surface area contributed by atoms with E-state index in [0.717, 1.165) is 27.6 Å². The molecule has 0 saturated heterocycles. The minimum atomic E-state index is -0.254. The Morgan fingerprint density at radius 3 is 2.03 bits per heavy atom. The maximum Gasteiger partial charge on any atom is 0.297 e. The van der Waals surface area contributed by atoms with Crippen molar-refractivity contribution in [2.45, 2.75) is 27.1 Å². The molecule has 0 unspecified atom stereocenters. The normalized spacial score (nSPS) is 10.7. The van der Waals surface area contributed by atoms with E-state index < -0.39 is 0 Å². The zero-order valence-electron chi connectivity index (χ0n) is 19.8. The molecule has 0 aliphatic carbocycles. The van der Waals surface area contributed by atoms with Gasteiger partial charge in [-0.1, -0.05) is 66.2 Å². The minimum Gasteiger partial charge on any atom is -0.489 e. The molecule has 0 saturated carbocycles. The predicted molar refractivity (Wildman–Crippen MR) is 136 cm³/mol. The van der Waals surface area contributed by atoms with Gasteiger partial charge in [-0.25, -0.2) is 0 Å². The van der Waals surface area contributed by atoms with Gasteiger partial charge in [-0.05, 0) is 43.2 Å². The van der Waals surface area contributed by atoms with Crippen LogP contribution >= 0.6 is 0 Å². The zero-order valence-corrected chi connectivity index (χ0v) is 19.8. The Bertz CT molecular complexity index is 1340. The summed E-state index contributed by atoms with van der Waals surface area (Å²) in [7, 11) is 1.74. The number of ether oxygens (including phenoxy) is 3. The van der Waals surface area contributed by atoms with Crippen LogP contribution < -0.4 is 19.8 Å². The number of fused-ring (bicyclic) bond motifs is 1. The van der Waals surface area contributed by atoms with Crippen molar-refractivity contribution in [3.05, 3.63) is 112 Å². The van der Waals surface area contributed by atoms with Gasteiger partial charge in [-0.3, -0.25) is 4.79 Å². The molecule has 4 aromatic rings. The predicted octanol–water partition coefficient (Wildman–Crippen LogP) is 6.04. The number of allylic oxidation sites excluding steroid dienone is 1. The third-order valence-corrected chi connectivity index (χ3v) is 5.47. The summed E-state index contributed by atoms with van der Waals surface area (Å²) in [4.78, 5) is 13.3. The molecule has 174 valence electrons. The van der Waals surface area contributed by atoms with E-state index in [9.17, 15) is 4.79 Å². The van der Waals surface area contributed by atoms with Gasteiger partial charge in [-0.2, -0.15) is 0 Å². The van der Waals surface area contributed by atoms with E-state index in [-0.39, 0.29) is 17.9 Å². The van der Waals surface area contributed by atoms with Crippen molar-refractivity contribution in [1.82, 2.24) is 4.57 Å². The van der Waals surface area contributed by atoms with Crippen LogP contribution in [0.5, 0.6) is 17.2 Å². The second-order valence-electron chi connectivity index (χ2n) is 8.34. The second-order valence-corrected chi connectivity index (χ2v) is 8.34. The maximum absolute atomic E-state index is 13.3. The molecule has 1 aromatic heterocycles. The average molecular weight is 456 g/mol. The van der Waals surface area contributed by atoms with Gasteiger partial charge in [0.15, 0.2) is 5.75 Å². The number of rotatable bonds is 9. The van der Waals surface area contributed by atoms with Crippen molar-refractivity contribution >= 4 is 10.9 Å². The first kappa shape index (κ1) is 23.2. The summed E-state index contributed by atoms with van der Waals surface area (Å²) in [5.74, 6) is 1.33. The highest BCUT2D eigenvalue weighted by Crippen LogP contribution is 2.35. The molecule has 0 radical (unpaired) electrons. The second kappa shape index (κ2) is 10.8. The fourth-order valence-electron chi connectivity index (χ4n) is 3.58. The highest BCUT2D eigenvalue weighted by atomic mass is 16.5. The van der Waals surface area contributed by atoms with Crippen LogP contribution in [0.3, 0.4) is 0 Å². The third kappa shape index (κ3) is 5.49. The Kier molecular flexibility index (Phi) is 7.33. The Labute approximate surface area is 199 Å². The van der Waals surface area contributed by atoms with E-state index >= 15 is 0 Å². The molecule has 1 heterocycles. The summed E-state index contributed by atoms with van der Waals surface area (Å²) in [5.41, 5.74) is 3.65. The van der Waals surface area contributed by atoms with Crippen LogP contribution in [0.25, 0.3) is 10.9 Å². The first-order valence-electron chi connectivity index (χ1n) is 11.3. The molecule has 0 aliphatic rings. The van der Waals surface area contributed by atoms with Gasteiger partial charge in [0.25, 0.3) is 5.56 Å². The molecule has 5 heteroatoms. The van der Waals surface area contributed by atoms with Gasteiger partial charge in [-0.15, -0.1) is 0 Å². The van der Waals surface area contributed by atoms with Crippen LogP contribution in [0.1, 0.15) is 25.0 Å². The maximum atomic E-state index is 13.3. The van der Waals surface area contributed by atoms with Crippen molar-refractivity contribution in [3.8, 4) is 17.2 Å². The van der Waals surface area contributed by atoms with Crippen LogP contribution in [0.4, 0.5) is 0 Å². The lowest BCUT2D eigenvalue weighted by molar-refractivity contribution is 0.271. The molecular formula is C29H29NO4. The van der Waals surface area contributed by atoms with Crippen molar-refractivity contribution in [1.29, 1.82) is 0 Å². The van der Waals surface area contributed by atoms with E-state index in [4.69, 9.17) is 14.2 Å². The molecule has 0 bridgehead atoms. The highest BCUT2D eigenvalue weighted by molar-refractivity contribution is 5.89. The lowest BCUT2D eigenvalue weighted by Gasteiger charge is -2.17. The smallest absolute Gasteiger partial charge is 0.297 e. The van der Waals surface area contributed by atoms with Crippen LogP contribution in [0, 0.1) is 0 Å². The summed E-state index contributed by atoms with van der Waals surface area (Å²) in [6.45, 7) is 5.09. The van der Waals surface area contributed by atoms with Crippen LogP contribution in [0.2, 0.25) is 0 Å². The standard InChI is InChI=1S/C29H29NO4/c1-21(2)16-17-32-27-25-15-14-24(33-19-22-10-6-4-7-11-22)18-26(25)30(3)29(31)28(27)34-20-23-12-8-5-9-13-23/h4-16,18H,17,19-20H2,1-3H3. The van der Waals surface area contributed by atoms with Gasteiger partial charge in [0.05, 0.1) is 5.52 Å². The van der Waals surface area contributed by atoms with E-state index in [0.29, 0.717) is 24.7 Å². The molecule has 0 atom stereocenters. The number of aromatic nitrogens is 1. The summed E-state index contributed by atoms with van der Waals surface area (Å²) in [5, 5.41) is 0.791. The van der Waals surface area contributed by atoms with Gasteiger partial charge >= 0.3 is 0 Å². The number of pyridine rings is 1. The van der Waals surface area contributed by atoms with E-state index in [2.05, 4.69) is 0 Å². The summed E-state index contributed by atoms with van der Waals surface area (Å²) in [6.07, 6.45) is 1.97. The Morgan fingerprint density at radius 1 is 0.794 bits per heavy atom. The van der Waals surface area contributed by atoms with E-state index in [1.54, 1.807) is 11.6 Å². The molecular weight excluding hydrogens is 426 g/mol. The van der Waals surface area contributed by atoms with Crippen LogP contribution in [-0.4, -0.2) is 11.2 Å². The summed E-state index contributed by atoms with van der Waals surface area (Å²) < 4.78 is 19.7. The average Bonchev–Trinajstić information content (AvgIpc) is 2.86. The van der Waals surface area contributed by atoms with Gasteiger partial charge < -0.3 is 18.8 Å². The lowest BCUT2D eigenvalue weighted by Crippen LogP contribution is -2.21. The number of hydrogen-bond acceptors (Lipinski definition) is 4. The number of aryl methyl sites for hydroxylation is 1. The van der Waals surface area contributed by atoms with Crippen LogP contribution in [-0.2, 0) is 20.3 Å². The molecule has 4 rings (SSSR count). The zero-order chi connectivity index (χ0) is 23.9. The topological polar surface area (TPSA) is 49.7 Å². The quantitative estimate of drug-likeness (QED) is 0.289. The lowest BCUT2D eigenvalue weighted by atomic mass is 10.1. The van der Waals surface area contributed by atoms with Crippen LogP contribution in [0.15, 0.2) is 95.3 Å². The van der Waals surface area contributed by atoms with E-state index in [1.807, 2.05) is 98.8 Å². The molecule has 0 amide bonds. The van der Waals surface area contributed by atoms with Gasteiger partial charge in [0.1, 0.15) is 25.6 Å². The Hall–Kier alpha value is -3.99. The fraction of sp³-hybridized carbons (Fsp3) is 0.207. The SMILES string of the molecule is CC(C)=CCOc1c(OCc2ccccc2)c(=O)n(C)c2cc(OCc3ccccc3)ccc12. The monoisotopic (exact) mass is 455 g/mol. The molecule has 34 heavy (non-hydrogen) atoms. The van der Waals surface area contributed by atoms with Crippen molar-refractivity contribution in [3.63, 3.8) is 0 Å². The molecule has 0 aliphatic heterocycles. The van der Waals surface area contributed by atoms with Crippen molar-refractivity contribution in [2.24, 2.45) is 7.05 Å². The molecule has 3 aromatic carbocycles. The van der Waals surface area contributed by atoms with Crippen molar-refractivity contribution < 1.29 is 14.2 Å². The van der Waals surface area contributed by atoms with Gasteiger partial charge in [0.2, 0.25) is 5.75 Å². The fourth-order valence-corrected chi connectivity index (χ4v) is 3.58.